The normalized spacial score (nSPS) is 22.1. The van der Waals surface area contributed by atoms with E-state index in [9.17, 15) is 0 Å². The number of nitrogens with zero attached hydrogens (tertiary/aromatic N) is 4. The third-order valence-corrected chi connectivity index (χ3v) is 4.48. The molecule has 2 aliphatic heterocycles. The Bertz CT molecular complexity index is 405. The Morgan fingerprint density at radius 1 is 1.10 bits per heavy atom. The summed E-state index contributed by atoms with van der Waals surface area (Å²) in [4.78, 5) is 13.6. The number of hydrogen-bond donors (Lipinski definition) is 1. The summed E-state index contributed by atoms with van der Waals surface area (Å²) in [5, 5.41) is 3.44. The summed E-state index contributed by atoms with van der Waals surface area (Å²) in [6.07, 6.45) is 6.58. The minimum atomic E-state index is 0.846. The summed E-state index contributed by atoms with van der Waals surface area (Å²) in [7, 11) is 0. The van der Waals surface area contributed by atoms with Crippen LogP contribution in [0.4, 0.5) is 5.69 Å². The summed E-state index contributed by atoms with van der Waals surface area (Å²) in [5.41, 5.74) is 1.16. The molecule has 0 radical (unpaired) electrons. The molecule has 1 aromatic rings. The van der Waals surface area contributed by atoms with Gasteiger partial charge in [-0.1, -0.05) is 0 Å². The van der Waals surface area contributed by atoms with Gasteiger partial charge in [-0.25, -0.2) is 9.97 Å². The van der Waals surface area contributed by atoms with Gasteiger partial charge in [-0.3, -0.25) is 4.90 Å². The van der Waals surface area contributed by atoms with Gasteiger partial charge in [-0.15, -0.1) is 0 Å². The van der Waals surface area contributed by atoms with Crippen molar-refractivity contribution in [2.24, 2.45) is 5.92 Å². The topological polar surface area (TPSA) is 44.3 Å². The Hall–Kier alpha value is -1.20. The van der Waals surface area contributed by atoms with E-state index < -0.39 is 0 Å². The first-order valence-corrected chi connectivity index (χ1v) is 7.78. The van der Waals surface area contributed by atoms with E-state index in [0.29, 0.717) is 0 Å². The van der Waals surface area contributed by atoms with Crippen LogP contribution in [-0.4, -0.2) is 60.7 Å². The fraction of sp³-hybridized carbons (Fsp3) is 0.733. The Morgan fingerprint density at radius 2 is 1.75 bits per heavy atom. The van der Waals surface area contributed by atoms with Gasteiger partial charge >= 0.3 is 0 Å². The van der Waals surface area contributed by atoms with Crippen molar-refractivity contribution in [3.05, 3.63) is 18.2 Å². The summed E-state index contributed by atoms with van der Waals surface area (Å²) in [6, 6.07) is 0. The van der Waals surface area contributed by atoms with Crippen LogP contribution in [0.5, 0.6) is 0 Å². The molecule has 0 saturated carbocycles. The van der Waals surface area contributed by atoms with Crippen LogP contribution in [0.3, 0.4) is 0 Å². The predicted molar refractivity (Wildman–Crippen MR) is 81.0 cm³/mol. The molecule has 20 heavy (non-hydrogen) atoms. The van der Waals surface area contributed by atoms with Crippen molar-refractivity contribution in [1.29, 1.82) is 0 Å². The van der Waals surface area contributed by atoms with E-state index in [1.165, 1.54) is 32.5 Å². The fourth-order valence-electron chi connectivity index (χ4n) is 3.17. The second-order valence-electron chi connectivity index (χ2n) is 5.97. The number of rotatable bonds is 3. The first-order chi connectivity index (χ1) is 9.81. The molecule has 0 spiro atoms. The molecule has 0 amide bonds. The molecule has 5 heteroatoms. The van der Waals surface area contributed by atoms with E-state index in [-0.39, 0.29) is 0 Å². The second kappa shape index (κ2) is 6.50. The molecular weight excluding hydrogens is 250 g/mol. The van der Waals surface area contributed by atoms with Gasteiger partial charge in [-0.05, 0) is 38.8 Å². The third-order valence-electron chi connectivity index (χ3n) is 4.48. The van der Waals surface area contributed by atoms with Crippen LogP contribution in [0.1, 0.15) is 18.7 Å². The summed E-state index contributed by atoms with van der Waals surface area (Å²) in [6.45, 7) is 10.1. The molecule has 3 rings (SSSR count). The number of hydrogen-bond acceptors (Lipinski definition) is 5. The van der Waals surface area contributed by atoms with Gasteiger partial charge in [0.05, 0.1) is 18.1 Å². The van der Waals surface area contributed by atoms with Crippen LogP contribution in [-0.2, 0) is 0 Å². The van der Waals surface area contributed by atoms with Crippen molar-refractivity contribution in [3.8, 4) is 0 Å². The minimum absolute atomic E-state index is 0.846. The SMILES string of the molecule is Cc1ncc(N2CCN(CC3CCNCC3)CC2)cn1. The van der Waals surface area contributed by atoms with Crippen molar-refractivity contribution >= 4 is 5.69 Å². The first kappa shape index (κ1) is 13.8. The predicted octanol–water partition coefficient (Wildman–Crippen LogP) is 0.907. The van der Waals surface area contributed by atoms with Gasteiger partial charge in [-0.2, -0.15) is 0 Å². The molecule has 3 heterocycles. The maximum atomic E-state index is 4.29. The van der Waals surface area contributed by atoms with Crippen molar-refractivity contribution in [2.45, 2.75) is 19.8 Å². The van der Waals surface area contributed by atoms with Crippen LogP contribution < -0.4 is 10.2 Å². The quantitative estimate of drug-likeness (QED) is 0.888. The zero-order chi connectivity index (χ0) is 13.8. The third kappa shape index (κ3) is 3.46. The lowest BCUT2D eigenvalue weighted by molar-refractivity contribution is 0.196. The molecule has 110 valence electrons. The summed E-state index contributed by atoms with van der Waals surface area (Å²) >= 11 is 0. The smallest absolute Gasteiger partial charge is 0.125 e. The lowest BCUT2D eigenvalue weighted by Crippen LogP contribution is -2.48. The van der Waals surface area contributed by atoms with Gasteiger partial charge in [0.15, 0.2) is 0 Å². The number of aryl methyl sites for hydroxylation is 1. The zero-order valence-corrected chi connectivity index (χ0v) is 12.4. The average Bonchev–Trinajstić information content (AvgIpc) is 2.50. The Kier molecular flexibility index (Phi) is 4.47. The molecule has 5 nitrogen and oxygen atoms in total. The van der Waals surface area contributed by atoms with Gasteiger partial charge in [0.2, 0.25) is 0 Å². The lowest BCUT2D eigenvalue weighted by atomic mass is 9.97. The highest BCUT2D eigenvalue weighted by Crippen LogP contribution is 2.17. The molecule has 2 aliphatic rings. The van der Waals surface area contributed by atoms with Crippen molar-refractivity contribution in [3.63, 3.8) is 0 Å². The van der Waals surface area contributed by atoms with Crippen LogP contribution in [0.25, 0.3) is 0 Å². The highest BCUT2D eigenvalue weighted by molar-refractivity contribution is 5.42. The second-order valence-corrected chi connectivity index (χ2v) is 5.97. The molecule has 0 aromatic carbocycles. The molecular formula is C15H25N5. The lowest BCUT2D eigenvalue weighted by Gasteiger charge is -2.38. The van der Waals surface area contributed by atoms with Crippen LogP contribution in [0.15, 0.2) is 12.4 Å². The van der Waals surface area contributed by atoms with E-state index in [1.807, 2.05) is 19.3 Å². The number of piperazine rings is 1. The van der Waals surface area contributed by atoms with Crippen molar-refractivity contribution in [2.75, 3.05) is 50.7 Å². The van der Waals surface area contributed by atoms with Gasteiger partial charge in [0.25, 0.3) is 0 Å². The molecule has 2 fully saturated rings. The Labute approximate surface area is 121 Å². The fourth-order valence-corrected chi connectivity index (χ4v) is 3.17. The molecule has 1 N–H and O–H groups in total. The van der Waals surface area contributed by atoms with E-state index in [4.69, 9.17) is 0 Å². The highest BCUT2D eigenvalue weighted by Gasteiger charge is 2.21. The van der Waals surface area contributed by atoms with E-state index in [0.717, 1.165) is 43.6 Å². The first-order valence-electron chi connectivity index (χ1n) is 7.78. The number of nitrogens with one attached hydrogen (secondary N) is 1. The van der Waals surface area contributed by atoms with Crippen LogP contribution in [0, 0.1) is 12.8 Å². The Morgan fingerprint density at radius 3 is 2.40 bits per heavy atom. The van der Waals surface area contributed by atoms with Gasteiger partial charge in [0, 0.05) is 32.7 Å². The minimum Gasteiger partial charge on any atom is -0.366 e. The Balaban J connectivity index is 1.47. The van der Waals surface area contributed by atoms with Crippen LogP contribution in [0.2, 0.25) is 0 Å². The molecule has 0 aliphatic carbocycles. The van der Waals surface area contributed by atoms with Crippen molar-refractivity contribution in [1.82, 2.24) is 20.2 Å². The summed E-state index contributed by atoms with van der Waals surface area (Å²) < 4.78 is 0. The van der Waals surface area contributed by atoms with E-state index >= 15 is 0 Å². The van der Waals surface area contributed by atoms with Crippen LogP contribution >= 0.6 is 0 Å². The van der Waals surface area contributed by atoms with E-state index in [2.05, 4.69) is 25.1 Å². The van der Waals surface area contributed by atoms with Crippen molar-refractivity contribution < 1.29 is 0 Å². The standard InChI is InChI=1S/C15H25N5/c1-13-17-10-15(11-18-13)20-8-6-19(7-9-20)12-14-2-4-16-5-3-14/h10-11,14,16H,2-9,12H2,1H3. The number of piperidine rings is 1. The average molecular weight is 275 g/mol. The summed E-state index contributed by atoms with van der Waals surface area (Å²) in [5.74, 6) is 1.74. The number of anilines is 1. The van der Waals surface area contributed by atoms with Gasteiger partial charge < -0.3 is 10.2 Å². The van der Waals surface area contributed by atoms with Gasteiger partial charge in [0.1, 0.15) is 5.82 Å². The molecule has 1 aromatic heterocycles. The molecule has 0 unspecified atom stereocenters. The molecule has 2 saturated heterocycles. The molecule has 0 atom stereocenters. The largest absolute Gasteiger partial charge is 0.366 e. The van der Waals surface area contributed by atoms with E-state index in [1.54, 1.807) is 0 Å². The zero-order valence-electron chi connectivity index (χ0n) is 12.4. The monoisotopic (exact) mass is 275 g/mol. The molecule has 0 bridgehead atoms. The maximum absolute atomic E-state index is 4.29. The highest BCUT2D eigenvalue weighted by atomic mass is 15.3. The number of aromatic nitrogens is 2. The maximum Gasteiger partial charge on any atom is 0.125 e.